The van der Waals surface area contributed by atoms with Gasteiger partial charge in [0.05, 0.1) is 6.54 Å². The Labute approximate surface area is 105 Å². The van der Waals surface area contributed by atoms with Crippen molar-refractivity contribution in [3.8, 4) is 0 Å². The van der Waals surface area contributed by atoms with Crippen LogP contribution < -0.4 is 5.32 Å². The summed E-state index contributed by atoms with van der Waals surface area (Å²) in [7, 11) is 0. The van der Waals surface area contributed by atoms with Crippen molar-refractivity contribution >= 4 is 0 Å². The Morgan fingerprint density at radius 1 is 1.24 bits per heavy atom. The van der Waals surface area contributed by atoms with Crippen LogP contribution in [0.5, 0.6) is 0 Å². The van der Waals surface area contributed by atoms with E-state index >= 15 is 0 Å². The van der Waals surface area contributed by atoms with Crippen molar-refractivity contribution in [2.75, 3.05) is 0 Å². The van der Waals surface area contributed by atoms with Gasteiger partial charge in [-0.25, -0.2) is 0 Å². The quantitative estimate of drug-likeness (QED) is 0.797. The van der Waals surface area contributed by atoms with Crippen LogP contribution in [0.3, 0.4) is 0 Å². The molecule has 0 bridgehead atoms. The lowest BCUT2D eigenvalue weighted by molar-refractivity contribution is 0.325. The van der Waals surface area contributed by atoms with Crippen LogP contribution in [0.2, 0.25) is 0 Å². The van der Waals surface area contributed by atoms with Gasteiger partial charge >= 0.3 is 0 Å². The van der Waals surface area contributed by atoms with E-state index in [4.69, 9.17) is 4.42 Å². The number of rotatable bonds is 4. The van der Waals surface area contributed by atoms with Crippen LogP contribution >= 0.6 is 0 Å². The maximum Gasteiger partial charge on any atom is 0.117 e. The molecular weight excluding hydrogens is 210 g/mol. The number of hydrogen-bond acceptors (Lipinski definition) is 2. The number of hydrogen-bond donors (Lipinski definition) is 1. The van der Waals surface area contributed by atoms with Crippen LogP contribution in [0.4, 0.5) is 0 Å². The van der Waals surface area contributed by atoms with Crippen molar-refractivity contribution in [3.63, 3.8) is 0 Å². The van der Waals surface area contributed by atoms with E-state index in [-0.39, 0.29) is 0 Å². The summed E-state index contributed by atoms with van der Waals surface area (Å²) in [6.07, 6.45) is 8.48. The van der Waals surface area contributed by atoms with E-state index in [2.05, 4.69) is 18.3 Å². The van der Waals surface area contributed by atoms with Crippen molar-refractivity contribution in [1.82, 2.24) is 5.32 Å². The standard InChI is InChI=1S/C15H25NO/c1-12-9-10-15(17-12)11-16-13(2)14-7-5-3-4-6-8-14/h9-10,13-14,16H,3-8,11H2,1-2H3/t13-/m1/s1. The SMILES string of the molecule is Cc1ccc(CN[C@H](C)C2CCCCCC2)o1. The summed E-state index contributed by atoms with van der Waals surface area (Å²) in [5.74, 6) is 2.92. The topological polar surface area (TPSA) is 25.2 Å². The van der Waals surface area contributed by atoms with Gasteiger partial charge in [0.15, 0.2) is 0 Å². The Morgan fingerprint density at radius 2 is 1.94 bits per heavy atom. The highest BCUT2D eigenvalue weighted by atomic mass is 16.3. The Hall–Kier alpha value is -0.760. The van der Waals surface area contributed by atoms with Gasteiger partial charge in [0.25, 0.3) is 0 Å². The molecule has 1 aromatic rings. The van der Waals surface area contributed by atoms with Gasteiger partial charge in [-0.2, -0.15) is 0 Å². The second-order valence-corrected chi connectivity index (χ2v) is 5.43. The van der Waals surface area contributed by atoms with Crippen LogP contribution in [-0.2, 0) is 6.54 Å². The summed E-state index contributed by atoms with van der Waals surface area (Å²) >= 11 is 0. The van der Waals surface area contributed by atoms with Gasteiger partial charge in [-0.05, 0) is 44.7 Å². The van der Waals surface area contributed by atoms with Crippen LogP contribution in [0.15, 0.2) is 16.5 Å². The average Bonchev–Trinajstić information content (AvgIpc) is 2.58. The van der Waals surface area contributed by atoms with Crippen molar-refractivity contribution in [3.05, 3.63) is 23.7 Å². The number of aryl methyl sites for hydroxylation is 1. The first kappa shape index (κ1) is 12.7. The molecule has 1 fully saturated rings. The van der Waals surface area contributed by atoms with Crippen LogP contribution in [0.1, 0.15) is 57.0 Å². The van der Waals surface area contributed by atoms with E-state index in [0.717, 1.165) is 24.0 Å². The van der Waals surface area contributed by atoms with Crippen molar-refractivity contribution in [1.29, 1.82) is 0 Å². The smallest absolute Gasteiger partial charge is 0.117 e. The van der Waals surface area contributed by atoms with E-state index in [0.29, 0.717) is 6.04 Å². The molecule has 2 nitrogen and oxygen atoms in total. The van der Waals surface area contributed by atoms with Crippen LogP contribution in [0.25, 0.3) is 0 Å². The van der Waals surface area contributed by atoms with Gasteiger partial charge < -0.3 is 9.73 Å². The largest absolute Gasteiger partial charge is 0.465 e. The molecule has 0 saturated heterocycles. The summed E-state index contributed by atoms with van der Waals surface area (Å²) in [5, 5.41) is 3.62. The average molecular weight is 235 g/mol. The van der Waals surface area contributed by atoms with E-state index < -0.39 is 0 Å². The lowest BCUT2D eigenvalue weighted by Gasteiger charge is -2.23. The van der Waals surface area contributed by atoms with Gasteiger partial charge in [-0.15, -0.1) is 0 Å². The fraction of sp³-hybridized carbons (Fsp3) is 0.733. The molecule has 1 heterocycles. The molecule has 1 aliphatic rings. The molecule has 0 amide bonds. The molecule has 2 rings (SSSR count). The maximum atomic E-state index is 5.58. The third-order valence-corrected chi connectivity index (χ3v) is 4.00. The van der Waals surface area contributed by atoms with Crippen molar-refractivity contribution < 1.29 is 4.42 Å². The highest BCUT2D eigenvalue weighted by Crippen LogP contribution is 2.25. The molecule has 0 unspecified atom stereocenters. The molecule has 2 heteroatoms. The van der Waals surface area contributed by atoms with E-state index in [1.807, 2.05) is 13.0 Å². The third-order valence-electron chi connectivity index (χ3n) is 4.00. The second kappa shape index (κ2) is 6.25. The molecule has 96 valence electrons. The maximum absolute atomic E-state index is 5.58. The Balaban J connectivity index is 1.77. The zero-order valence-corrected chi connectivity index (χ0v) is 11.2. The molecule has 1 saturated carbocycles. The van der Waals surface area contributed by atoms with Gasteiger partial charge in [-0.3, -0.25) is 0 Å². The second-order valence-electron chi connectivity index (χ2n) is 5.43. The van der Waals surface area contributed by atoms with Gasteiger partial charge in [0, 0.05) is 6.04 Å². The fourth-order valence-corrected chi connectivity index (χ4v) is 2.82. The predicted molar refractivity (Wildman–Crippen MR) is 70.9 cm³/mol. The number of furan rings is 1. The van der Waals surface area contributed by atoms with Gasteiger partial charge in [0.2, 0.25) is 0 Å². The minimum Gasteiger partial charge on any atom is -0.465 e. The molecule has 0 radical (unpaired) electrons. The molecule has 0 aromatic carbocycles. The highest BCUT2D eigenvalue weighted by Gasteiger charge is 2.18. The highest BCUT2D eigenvalue weighted by molar-refractivity contribution is 5.05. The van der Waals surface area contributed by atoms with Crippen molar-refractivity contribution in [2.45, 2.75) is 65.0 Å². The molecular formula is C15H25NO. The minimum absolute atomic E-state index is 0.610. The fourth-order valence-electron chi connectivity index (χ4n) is 2.82. The molecule has 1 atom stereocenters. The molecule has 17 heavy (non-hydrogen) atoms. The van der Waals surface area contributed by atoms with E-state index in [1.54, 1.807) is 0 Å². The lowest BCUT2D eigenvalue weighted by Crippen LogP contribution is -2.32. The Morgan fingerprint density at radius 3 is 2.53 bits per heavy atom. The first-order chi connectivity index (χ1) is 8.25. The third kappa shape index (κ3) is 3.88. The zero-order chi connectivity index (χ0) is 12.1. The molecule has 0 aliphatic heterocycles. The first-order valence-electron chi connectivity index (χ1n) is 7.04. The molecule has 1 aliphatic carbocycles. The Kier molecular flexibility index (Phi) is 4.66. The van der Waals surface area contributed by atoms with Gasteiger partial charge in [-0.1, -0.05) is 25.7 Å². The molecule has 0 spiro atoms. The summed E-state index contributed by atoms with van der Waals surface area (Å²) < 4.78 is 5.58. The summed E-state index contributed by atoms with van der Waals surface area (Å²) in [6, 6.07) is 4.72. The van der Waals surface area contributed by atoms with Crippen LogP contribution in [-0.4, -0.2) is 6.04 Å². The van der Waals surface area contributed by atoms with E-state index in [1.165, 1.54) is 38.5 Å². The minimum atomic E-state index is 0.610. The Bertz CT molecular complexity index is 323. The summed E-state index contributed by atoms with van der Waals surface area (Å²) in [6.45, 7) is 5.19. The predicted octanol–water partition coefficient (Wildman–Crippen LogP) is 4.04. The summed E-state index contributed by atoms with van der Waals surface area (Å²) in [4.78, 5) is 0. The number of nitrogens with one attached hydrogen (secondary N) is 1. The monoisotopic (exact) mass is 235 g/mol. The van der Waals surface area contributed by atoms with Crippen molar-refractivity contribution in [2.24, 2.45) is 5.92 Å². The normalized spacial score (nSPS) is 20.1. The van der Waals surface area contributed by atoms with Gasteiger partial charge in [0.1, 0.15) is 11.5 Å². The zero-order valence-electron chi connectivity index (χ0n) is 11.2. The lowest BCUT2D eigenvalue weighted by atomic mass is 9.93. The van der Waals surface area contributed by atoms with E-state index in [9.17, 15) is 0 Å². The summed E-state index contributed by atoms with van der Waals surface area (Å²) in [5.41, 5.74) is 0. The molecule has 1 aromatic heterocycles. The first-order valence-corrected chi connectivity index (χ1v) is 7.04. The molecule has 1 N–H and O–H groups in total. The van der Waals surface area contributed by atoms with Crippen LogP contribution in [0, 0.1) is 12.8 Å².